The van der Waals surface area contributed by atoms with Crippen LogP contribution in [-0.2, 0) is 14.6 Å². The lowest BCUT2D eigenvalue weighted by molar-refractivity contribution is 0.0516. The average Bonchev–Trinajstić information content (AvgIpc) is 2.95. The highest BCUT2D eigenvalue weighted by atomic mass is 35.5. The summed E-state index contributed by atoms with van der Waals surface area (Å²) in [4.78, 5) is 15.0. The molecule has 0 saturated carbocycles. The van der Waals surface area contributed by atoms with Crippen LogP contribution in [-0.4, -0.2) is 26.0 Å². The normalized spacial score (nSPS) is 11.6. The predicted molar refractivity (Wildman–Crippen MR) is 96.2 cm³/mol. The summed E-state index contributed by atoms with van der Waals surface area (Å²) >= 11 is 12.1. The first-order valence-corrected chi connectivity index (χ1v) is 9.58. The van der Waals surface area contributed by atoms with E-state index in [2.05, 4.69) is 4.98 Å². The number of hydrogen-bond acceptors (Lipinski definition) is 4. The first-order valence-electron chi connectivity index (χ1n) is 7.34. The number of halogens is 2. The van der Waals surface area contributed by atoms with Crippen molar-refractivity contribution in [1.29, 1.82) is 0 Å². The Morgan fingerprint density at radius 2 is 1.76 bits per heavy atom. The van der Waals surface area contributed by atoms with Crippen molar-refractivity contribution in [3.63, 3.8) is 0 Å². The third kappa shape index (κ3) is 3.13. The van der Waals surface area contributed by atoms with Gasteiger partial charge >= 0.3 is 5.97 Å². The van der Waals surface area contributed by atoms with Gasteiger partial charge in [0.2, 0.25) is 9.84 Å². The first-order chi connectivity index (χ1) is 11.9. The van der Waals surface area contributed by atoms with Crippen LogP contribution in [0.3, 0.4) is 0 Å². The number of aromatic amines is 1. The van der Waals surface area contributed by atoms with Crippen LogP contribution in [0.15, 0.2) is 52.3 Å². The lowest BCUT2D eigenvalue weighted by Gasteiger charge is -2.07. The van der Waals surface area contributed by atoms with E-state index >= 15 is 0 Å². The molecule has 5 nitrogen and oxygen atoms in total. The quantitative estimate of drug-likeness (QED) is 0.658. The van der Waals surface area contributed by atoms with Gasteiger partial charge in [-0.15, -0.1) is 0 Å². The maximum atomic E-state index is 13.1. The molecule has 0 radical (unpaired) electrons. The molecule has 0 atom stereocenters. The standard InChI is InChI=1S/C17H13Cl2NO4S/c1-2-24-17(21)15-16(25(22,23)10-6-4-3-5-7-10)11-8-12(18)13(19)9-14(11)20-15/h3-9,20H,2H2,1H3. The molecule has 3 rings (SSSR count). The van der Waals surface area contributed by atoms with Crippen molar-refractivity contribution in [2.45, 2.75) is 16.7 Å². The van der Waals surface area contributed by atoms with Gasteiger partial charge in [0.1, 0.15) is 10.6 Å². The van der Waals surface area contributed by atoms with E-state index in [1.165, 1.54) is 24.3 Å². The molecule has 0 spiro atoms. The zero-order chi connectivity index (χ0) is 18.2. The highest BCUT2D eigenvalue weighted by Crippen LogP contribution is 2.36. The van der Waals surface area contributed by atoms with E-state index in [0.717, 1.165) is 0 Å². The van der Waals surface area contributed by atoms with Crippen LogP contribution >= 0.6 is 23.2 Å². The predicted octanol–water partition coefficient (Wildman–Crippen LogP) is 4.48. The maximum absolute atomic E-state index is 13.1. The molecule has 0 amide bonds. The van der Waals surface area contributed by atoms with E-state index in [1.807, 2.05) is 0 Å². The van der Waals surface area contributed by atoms with Gasteiger partial charge in [-0.25, -0.2) is 13.2 Å². The highest BCUT2D eigenvalue weighted by molar-refractivity contribution is 7.91. The number of nitrogens with one attached hydrogen (secondary N) is 1. The van der Waals surface area contributed by atoms with Gasteiger partial charge in [0.25, 0.3) is 0 Å². The van der Waals surface area contributed by atoms with Gasteiger partial charge in [-0.2, -0.15) is 0 Å². The van der Waals surface area contributed by atoms with E-state index < -0.39 is 15.8 Å². The second kappa shape index (κ2) is 6.71. The molecule has 25 heavy (non-hydrogen) atoms. The Hall–Kier alpha value is -2.02. The van der Waals surface area contributed by atoms with Crippen molar-refractivity contribution >= 4 is 49.9 Å². The second-order valence-corrected chi connectivity index (χ2v) is 7.88. The Morgan fingerprint density at radius 1 is 1.12 bits per heavy atom. The summed E-state index contributed by atoms with van der Waals surface area (Å²) in [5.41, 5.74) is 0.228. The molecule has 1 N–H and O–H groups in total. The summed E-state index contributed by atoms with van der Waals surface area (Å²) in [6, 6.07) is 10.7. The van der Waals surface area contributed by atoms with Gasteiger partial charge in [0, 0.05) is 10.9 Å². The molecule has 0 bridgehead atoms. The number of ether oxygens (including phenoxy) is 1. The molecule has 0 aliphatic rings. The molecule has 0 fully saturated rings. The Balaban J connectivity index is 2.37. The van der Waals surface area contributed by atoms with Crippen molar-refractivity contribution in [1.82, 2.24) is 4.98 Å². The topological polar surface area (TPSA) is 76.2 Å². The number of carbonyl (C=O) groups is 1. The van der Waals surface area contributed by atoms with Crippen LogP contribution in [0.4, 0.5) is 0 Å². The van der Waals surface area contributed by atoms with E-state index in [4.69, 9.17) is 27.9 Å². The lowest BCUT2D eigenvalue weighted by atomic mass is 10.2. The van der Waals surface area contributed by atoms with Crippen molar-refractivity contribution in [3.05, 3.63) is 58.2 Å². The van der Waals surface area contributed by atoms with Crippen molar-refractivity contribution < 1.29 is 17.9 Å². The SMILES string of the molecule is CCOC(=O)c1[nH]c2cc(Cl)c(Cl)cc2c1S(=O)(=O)c1ccccc1. The minimum Gasteiger partial charge on any atom is -0.461 e. The van der Waals surface area contributed by atoms with Crippen LogP contribution in [0, 0.1) is 0 Å². The van der Waals surface area contributed by atoms with Gasteiger partial charge < -0.3 is 9.72 Å². The summed E-state index contributed by atoms with van der Waals surface area (Å²) in [5, 5.41) is 0.712. The van der Waals surface area contributed by atoms with E-state index in [-0.39, 0.29) is 37.5 Å². The zero-order valence-electron chi connectivity index (χ0n) is 13.0. The number of hydrogen-bond donors (Lipinski definition) is 1. The van der Waals surface area contributed by atoms with Crippen molar-refractivity contribution in [2.24, 2.45) is 0 Å². The third-order valence-electron chi connectivity index (χ3n) is 3.59. The average molecular weight is 398 g/mol. The van der Waals surface area contributed by atoms with Gasteiger partial charge in [0.15, 0.2) is 0 Å². The lowest BCUT2D eigenvalue weighted by Crippen LogP contribution is -2.11. The summed E-state index contributed by atoms with van der Waals surface area (Å²) in [6.07, 6.45) is 0. The van der Waals surface area contributed by atoms with E-state index in [1.54, 1.807) is 25.1 Å². The highest BCUT2D eigenvalue weighted by Gasteiger charge is 2.30. The Kier molecular flexibility index (Phi) is 4.77. The van der Waals surface area contributed by atoms with Crippen molar-refractivity contribution in [3.8, 4) is 0 Å². The van der Waals surface area contributed by atoms with Crippen LogP contribution in [0.25, 0.3) is 10.9 Å². The maximum Gasteiger partial charge on any atom is 0.356 e. The number of aromatic nitrogens is 1. The molecule has 0 unspecified atom stereocenters. The molecule has 0 aliphatic heterocycles. The molecule has 1 aromatic heterocycles. The third-order valence-corrected chi connectivity index (χ3v) is 6.17. The van der Waals surface area contributed by atoms with Gasteiger partial charge in [-0.3, -0.25) is 0 Å². The second-order valence-electron chi connectivity index (χ2n) is 5.18. The minimum atomic E-state index is -3.98. The molecule has 1 heterocycles. The number of fused-ring (bicyclic) bond motifs is 1. The Morgan fingerprint density at radius 3 is 2.40 bits per heavy atom. The fourth-order valence-corrected chi connectivity index (χ4v) is 4.45. The minimum absolute atomic E-state index is 0.0625. The molecule has 0 aliphatic carbocycles. The number of esters is 1. The van der Waals surface area contributed by atoms with Crippen LogP contribution in [0.2, 0.25) is 10.0 Å². The van der Waals surface area contributed by atoms with E-state index in [0.29, 0.717) is 5.52 Å². The Bertz CT molecular complexity index is 1060. The van der Waals surface area contributed by atoms with Gasteiger partial charge in [0.05, 0.1) is 21.5 Å². The fourth-order valence-electron chi connectivity index (χ4n) is 2.51. The van der Waals surface area contributed by atoms with Crippen molar-refractivity contribution in [2.75, 3.05) is 6.61 Å². The number of carbonyl (C=O) groups excluding carboxylic acids is 1. The van der Waals surface area contributed by atoms with Crippen LogP contribution in [0.5, 0.6) is 0 Å². The van der Waals surface area contributed by atoms with Gasteiger partial charge in [-0.05, 0) is 31.2 Å². The van der Waals surface area contributed by atoms with Crippen LogP contribution < -0.4 is 0 Å². The molecular weight excluding hydrogens is 385 g/mol. The molecule has 8 heteroatoms. The smallest absolute Gasteiger partial charge is 0.356 e. The molecule has 0 saturated heterocycles. The molecule has 3 aromatic rings. The van der Waals surface area contributed by atoms with Gasteiger partial charge in [-0.1, -0.05) is 41.4 Å². The Labute approximate surface area is 154 Å². The zero-order valence-corrected chi connectivity index (χ0v) is 15.4. The number of H-pyrrole nitrogens is 1. The summed E-state index contributed by atoms with van der Waals surface area (Å²) in [7, 11) is -3.98. The molecule has 130 valence electrons. The van der Waals surface area contributed by atoms with Crippen LogP contribution in [0.1, 0.15) is 17.4 Å². The first kappa shape index (κ1) is 17.8. The molecular formula is C17H13Cl2NO4S. The largest absolute Gasteiger partial charge is 0.461 e. The number of sulfone groups is 1. The monoisotopic (exact) mass is 397 g/mol. The summed E-state index contributed by atoms with van der Waals surface area (Å²) < 4.78 is 31.3. The number of rotatable bonds is 4. The fraction of sp³-hybridized carbons (Fsp3) is 0.118. The number of benzene rings is 2. The summed E-state index contributed by atoms with van der Waals surface area (Å²) in [6.45, 7) is 1.75. The van der Waals surface area contributed by atoms with E-state index in [9.17, 15) is 13.2 Å². The molecule has 2 aromatic carbocycles. The summed E-state index contributed by atoms with van der Waals surface area (Å²) in [5.74, 6) is -0.763.